The molecule has 0 aliphatic carbocycles. The van der Waals surface area contributed by atoms with Crippen molar-refractivity contribution in [2.75, 3.05) is 6.54 Å². The molecule has 6 nitrogen and oxygen atoms in total. The van der Waals surface area contributed by atoms with Gasteiger partial charge in [0.25, 0.3) is 0 Å². The summed E-state index contributed by atoms with van der Waals surface area (Å²) in [4.78, 5) is 9.64. The molecule has 0 spiro atoms. The van der Waals surface area contributed by atoms with Crippen molar-refractivity contribution in [2.45, 2.75) is 12.5 Å². The van der Waals surface area contributed by atoms with Gasteiger partial charge in [0.1, 0.15) is 10.7 Å². The first-order valence-electron chi connectivity index (χ1n) is 3.85. The van der Waals surface area contributed by atoms with Crippen LogP contribution in [0.25, 0.3) is 0 Å². The van der Waals surface area contributed by atoms with Gasteiger partial charge in [0.05, 0.1) is 12.1 Å². The van der Waals surface area contributed by atoms with E-state index in [0.717, 1.165) is 0 Å². The Bertz CT molecular complexity index is 302. The van der Waals surface area contributed by atoms with Crippen LogP contribution in [0, 0.1) is 10.1 Å². The summed E-state index contributed by atoms with van der Waals surface area (Å²) >= 11 is 0. The molecule has 0 unspecified atom stereocenters. The zero-order valence-electron chi connectivity index (χ0n) is 7.38. The Hall–Kier alpha value is -1.11. The third kappa shape index (κ3) is 2.99. The van der Waals surface area contributed by atoms with Crippen LogP contribution in [0.15, 0.2) is 16.5 Å². The molecule has 1 rings (SSSR count). The molecule has 80 valence electrons. The normalized spacial score (nSPS) is 11.9. The van der Waals surface area contributed by atoms with Crippen molar-refractivity contribution in [3.05, 3.63) is 28.0 Å². The monoisotopic (exact) mass is 221 g/mol. The van der Waals surface area contributed by atoms with Crippen molar-refractivity contribution in [1.29, 1.82) is 0 Å². The second-order valence-electron chi connectivity index (χ2n) is 2.62. The van der Waals surface area contributed by atoms with Crippen molar-refractivity contribution >= 4 is 18.3 Å². The average molecular weight is 222 g/mol. The molecule has 1 heterocycles. The van der Waals surface area contributed by atoms with Gasteiger partial charge < -0.3 is 15.9 Å². The van der Waals surface area contributed by atoms with E-state index in [0.29, 0.717) is 18.7 Å². The van der Waals surface area contributed by atoms with E-state index in [1.54, 1.807) is 0 Å². The second kappa shape index (κ2) is 5.58. The Kier molecular flexibility index (Phi) is 5.14. The lowest BCUT2D eigenvalue weighted by atomic mass is 10.2. The van der Waals surface area contributed by atoms with E-state index in [1.165, 1.54) is 12.1 Å². The molecule has 1 atom stereocenters. The minimum Gasteiger partial charge on any atom is -0.404 e. The quantitative estimate of drug-likeness (QED) is 0.581. The van der Waals surface area contributed by atoms with Crippen molar-refractivity contribution in [3.8, 4) is 0 Å². The highest BCUT2D eigenvalue weighted by molar-refractivity contribution is 5.85. The van der Waals surface area contributed by atoms with E-state index in [9.17, 15) is 10.1 Å². The van der Waals surface area contributed by atoms with Crippen molar-refractivity contribution in [2.24, 2.45) is 11.5 Å². The van der Waals surface area contributed by atoms with Crippen molar-refractivity contribution < 1.29 is 9.34 Å². The van der Waals surface area contributed by atoms with Crippen LogP contribution in [0.4, 0.5) is 5.88 Å². The van der Waals surface area contributed by atoms with Crippen molar-refractivity contribution in [1.82, 2.24) is 0 Å². The molecule has 0 aromatic carbocycles. The molecule has 0 aliphatic rings. The molecule has 0 saturated carbocycles. The maximum absolute atomic E-state index is 10.2. The van der Waals surface area contributed by atoms with Gasteiger partial charge in [0, 0.05) is 0 Å². The Morgan fingerprint density at radius 3 is 2.64 bits per heavy atom. The van der Waals surface area contributed by atoms with Gasteiger partial charge in [-0.2, -0.15) is 0 Å². The summed E-state index contributed by atoms with van der Waals surface area (Å²) in [5, 5.41) is 10.2. The number of halogens is 1. The van der Waals surface area contributed by atoms with Crippen LogP contribution >= 0.6 is 12.4 Å². The fourth-order valence-electron chi connectivity index (χ4n) is 0.961. The number of hydrogen-bond acceptors (Lipinski definition) is 5. The largest absolute Gasteiger partial charge is 0.433 e. The van der Waals surface area contributed by atoms with E-state index in [2.05, 4.69) is 0 Å². The van der Waals surface area contributed by atoms with Gasteiger partial charge >= 0.3 is 5.88 Å². The number of hydrogen-bond donors (Lipinski definition) is 2. The molecule has 0 fully saturated rings. The lowest BCUT2D eigenvalue weighted by molar-refractivity contribution is -0.402. The van der Waals surface area contributed by atoms with Crippen molar-refractivity contribution in [3.63, 3.8) is 0 Å². The van der Waals surface area contributed by atoms with Crippen LogP contribution in [-0.4, -0.2) is 11.5 Å². The maximum atomic E-state index is 10.2. The van der Waals surface area contributed by atoms with E-state index in [-0.39, 0.29) is 24.3 Å². The molecule has 1 aromatic heterocycles. The molecular formula is C7H12ClN3O3. The number of nitrogens with two attached hydrogens (primary N) is 2. The molecule has 0 amide bonds. The summed E-state index contributed by atoms with van der Waals surface area (Å²) in [7, 11) is 0. The van der Waals surface area contributed by atoms with Gasteiger partial charge in [-0.15, -0.1) is 12.4 Å². The lowest BCUT2D eigenvalue weighted by Crippen LogP contribution is -2.14. The first-order chi connectivity index (χ1) is 6.15. The van der Waals surface area contributed by atoms with Gasteiger partial charge in [-0.25, -0.2) is 0 Å². The minimum absolute atomic E-state index is 0. The third-order valence-electron chi connectivity index (χ3n) is 1.64. The molecule has 14 heavy (non-hydrogen) atoms. The molecule has 7 heteroatoms. The van der Waals surface area contributed by atoms with Crippen LogP contribution in [0.5, 0.6) is 0 Å². The maximum Gasteiger partial charge on any atom is 0.433 e. The summed E-state index contributed by atoms with van der Waals surface area (Å²) in [5.41, 5.74) is 10.9. The Morgan fingerprint density at radius 2 is 2.21 bits per heavy atom. The molecule has 0 aliphatic heterocycles. The molecule has 0 saturated heterocycles. The van der Waals surface area contributed by atoms with Gasteiger partial charge in [-0.3, -0.25) is 10.1 Å². The summed E-state index contributed by atoms with van der Waals surface area (Å²) in [6.45, 7) is 0.426. The molecule has 1 aromatic rings. The van der Waals surface area contributed by atoms with Gasteiger partial charge in [0.15, 0.2) is 0 Å². The van der Waals surface area contributed by atoms with Gasteiger partial charge in [-0.05, 0) is 19.0 Å². The van der Waals surface area contributed by atoms with E-state index < -0.39 is 4.92 Å². The highest BCUT2D eigenvalue weighted by atomic mass is 35.5. The summed E-state index contributed by atoms with van der Waals surface area (Å²) in [5.74, 6) is 0.111. The standard InChI is InChI=1S/C7H11N3O3.ClH/c8-4-3-5(9)6-1-2-7(13-6)10(11)12;/h1-2,5H,3-4,8-9H2;1H/t5-;/m1./s1. The fourth-order valence-corrected chi connectivity index (χ4v) is 0.961. The summed E-state index contributed by atoms with van der Waals surface area (Å²) in [6, 6.07) is 2.42. The van der Waals surface area contributed by atoms with Crippen LogP contribution in [0.3, 0.4) is 0 Å². The zero-order chi connectivity index (χ0) is 9.84. The topological polar surface area (TPSA) is 108 Å². The van der Waals surface area contributed by atoms with Crippen LogP contribution in [-0.2, 0) is 0 Å². The third-order valence-corrected chi connectivity index (χ3v) is 1.64. The Balaban J connectivity index is 0.00000169. The highest BCUT2D eigenvalue weighted by Crippen LogP contribution is 2.21. The fraction of sp³-hybridized carbons (Fsp3) is 0.429. The molecule has 0 bridgehead atoms. The average Bonchev–Trinajstić information content (AvgIpc) is 2.52. The van der Waals surface area contributed by atoms with Gasteiger partial charge in [-0.1, -0.05) is 0 Å². The molecule has 0 radical (unpaired) electrons. The first kappa shape index (κ1) is 12.9. The number of furan rings is 1. The zero-order valence-corrected chi connectivity index (χ0v) is 8.20. The number of nitro groups is 1. The Labute approximate surface area is 86.8 Å². The smallest absolute Gasteiger partial charge is 0.404 e. The Morgan fingerprint density at radius 1 is 1.57 bits per heavy atom. The molecule has 4 N–H and O–H groups in total. The number of rotatable bonds is 4. The summed E-state index contributed by atoms with van der Waals surface area (Å²) in [6.07, 6.45) is 0.546. The van der Waals surface area contributed by atoms with E-state index in [4.69, 9.17) is 15.9 Å². The summed E-state index contributed by atoms with van der Waals surface area (Å²) < 4.78 is 4.88. The second-order valence-corrected chi connectivity index (χ2v) is 2.62. The minimum atomic E-state index is -0.599. The highest BCUT2D eigenvalue weighted by Gasteiger charge is 2.15. The number of nitrogens with zero attached hydrogens (tertiary/aromatic N) is 1. The van der Waals surface area contributed by atoms with Gasteiger partial charge in [0.2, 0.25) is 0 Å². The SMILES string of the molecule is Cl.NCC[C@@H](N)c1ccc([N+](=O)[O-])o1. The van der Waals surface area contributed by atoms with E-state index >= 15 is 0 Å². The lowest BCUT2D eigenvalue weighted by Gasteiger charge is -2.04. The predicted molar refractivity (Wildman–Crippen MR) is 53.2 cm³/mol. The van der Waals surface area contributed by atoms with E-state index in [1.807, 2.05) is 0 Å². The van der Waals surface area contributed by atoms with Crippen LogP contribution in [0.2, 0.25) is 0 Å². The first-order valence-corrected chi connectivity index (χ1v) is 3.85. The van der Waals surface area contributed by atoms with Crippen LogP contribution in [0.1, 0.15) is 18.2 Å². The molecular weight excluding hydrogens is 210 g/mol. The predicted octanol–water partition coefficient (Wildman–Crippen LogP) is 0.958. The van der Waals surface area contributed by atoms with Crippen LogP contribution < -0.4 is 11.5 Å².